The van der Waals surface area contributed by atoms with Gasteiger partial charge in [-0.25, -0.2) is 0 Å². The van der Waals surface area contributed by atoms with Crippen molar-refractivity contribution in [1.29, 1.82) is 0 Å². The molecule has 2 aromatic rings. The van der Waals surface area contributed by atoms with E-state index in [1.54, 1.807) is 0 Å². The predicted molar refractivity (Wildman–Crippen MR) is 86.2 cm³/mol. The predicted octanol–water partition coefficient (Wildman–Crippen LogP) is 4.50. The number of aryl methyl sites for hydroxylation is 1. The van der Waals surface area contributed by atoms with Gasteiger partial charge in [0.1, 0.15) is 0 Å². The minimum atomic E-state index is 0.806. The second kappa shape index (κ2) is 6.19. The number of nitrogens with zero attached hydrogens (tertiary/aromatic N) is 1. The van der Waals surface area contributed by atoms with E-state index in [4.69, 9.17) is 11.6 Å². The zero-order chi connectivity index (χ0) is 13.9. The number of nitrogens with one attached hydrogen (secondary N) is 1. The molecule has 1 aliphatic rings. The zero-order valence-corrected chi connectivity index (χ0v) is 12.9. The molecule has 0 radical (unpaired) electrons. The minimum Gasteiger partial charge on any atom is -0.350 e. The maximum Gasteiger partial charge on any atom is 0.0495 e. The smallest absolute Gasteiger partial charge is 0.0495 e. The molecule has 3 heteroatoms. The van der Waals surface area contributed by atoms with E-state index >= 15 is 0 Å². The Kier molecular flexibility index (Phi) is 4.32. The van der Waals surface area contributed by atoms with E-state index in [2.05, 4.69) is 29.2 Å². The maximum absolute atomic E-state index is 6.08. The summed E-state index contributed by atoms with van der Waals surface area (Å²) in [6, 6.07) is 6.16. The number of halogens is 1. The molecule has 1 fully saturated rings. The molecule has 1 heterocycles. The standard InChI is InChI=1S/C17H23ClN2/c1-20-12-14(16-8-7-15(18)9-17(16)20)11-19-10-13-5-3-2-4-6-13/h7-9,12-13,19H,2-6,10-11H2,1H3. The van der Waals surface area contributed by atoms with Crippen LogP contribution in [0, 0.1) is 5.92 Å². The average molecular weight is 291 g/mol. The summed E-state index contributed by atoms with van der Waals surface area (Å²) in [6.45, 7) is 2.11. The Balaban J connectivity index is 1.65. The Bertz CT molecular complexity index is 582. The Labute approximate surface area is 126 Å². The molecule has 108 valence electrons. The Morgan fingerprint density at radius 3 is 2.85 bits per heavy atom. The second-order valence-electron chi connectivity index (χ2n) is 6.06. The number of fused-ring (bicyclic) bond motifs is 1. The van der Waals surface area contributed by atoms with Crippen LogP contribution in [-0.4, -0.2) is 11.1 Å². The molecule has 0 amide bonds. The van der Waals surface area contributed by atoms with Crippen molar-refractivity contribution in [1.82, 2.24) is 9.88 Å². The van der Waals surface area contributed by atoms with Gasteiger partial charge in [0.25, 0.3) is 0 Å². The van der Waals surface area contributed by atoms with Crippen LogP contribution in [0.15, 0.2) is 24.4 Å². The molecule has 2 nitrogen and oxygen atoms in total. The molecular weight excluding hydrogens is 268 g/mol. The fraction of sp³-hybridized carbons (Fsp3) is 0.529. The highest BCUT2D eigenvalue weighted by molar-refractivity contribution is 6.31. The van der Waals surface area contributed by atoms with Crippen LogP contribution in [0.3, 0.4) is 0 Å². The van der Waals surface area contributed by atoms with Crippen LogP contribution in [0.25, 0.3) is 10.9 Å². The van der Waals surface area contributed by atoms with E-state index < -0.39 is 0 Å². The largest absolute Gasteiger partial charge is 0.350 e. The first-order valence-corrected chi connectivity index (χ1v) is 8.06. The maximum atomic E-state index is 6.08. The molecule has 0 aliphatic heterocycles. The van der Waals surface area contributed by atoms with Crippen molar-refractivity contribution in [2.75, 3.05) is 6.54 Å². The van der Waals surface area contributed by atoms with Crippen molar-refractivity contribution < 1.29 is 0 Å². The van der Waals surface area contributed by atoms with E-state index in [0.717, 1.165) is 24.0 Å². The van der Waals surface area contributed by atoms with Crippen molar-refractivity contribution in [3.8, 4) is 0 Å². The van der Waals surface area contributed by atoms with E-state index in [9.17, 15) is 0 Å². The van der Waals surface area contributed by atoms with Gasteiger partial charge in [0.05, 0.1) is 0 Å². The molecule has 0 saturated heterocycles. The third kappa shape index (κ3) is 3.02. The summed E-state index contributed by atoms with van der Waals surface area (Å²) in [5, 5.41) is 5.76. The molecular formula is C17H23ClN2. The number of hydrogen-bond donors (Lipinski definition) is 1. The quantitative estimate of drug-likeness (QED) is 0.877. The number of hydrogen-bond acceptors (Lipinski definition) is 1. The van der Waals surface area contributed by atoms with Crippen LogP contribution < -0.4 is 5.32 Å². The molecule has 1 saturated carbocycles. The monoisotopic (exact) mass is 290 g/mol. The highest BCUT2D eigenvalue weighted by Gasteiger charge is 2.13. The molecule has 1 aromatic carbocycles. The van der Waals surface area contributed by atoms with Crippen molar-refractivity contribution in [2.24, 2.45) is 13.0 Å². The molecule has 1 aromatic heterocycles. The lowest BCUT2D eigenvalue weighted by molar-refractivity contribution is 0.342. The summed E-state index contributed by atoms with van der Waals surface area (Å²) in [7, 11) is 2.09. The lowest BCUT2D eigenvalue weighted by atomic mass is 9.89. The highest BCUT2D eigenvalue weighted by Crippen LogP contribution is 2.25. The van der Waals surface area contributed by atoms with Gasteiger partial charge < -0.3 is 9.88 Å². The van der Waals surface area contributed by atoms with Gasteiger partial charge in [-0.2, -0.15) is 0 Å². The summed E-state index contributed by atoms with van der Waals surface area (Å²) in [5.41, 5.74) is 2.59. The SMILES string of the molecule is Cn1cc(CNCC2CCCCC2)c2ccc(Cl)cc21. The average Bonchev–Trinajstić information content (AvgIpc) is 2.76. The van der Waals surface area contributed by atoms with Crippen molar-refractivity contribution in [3.05, 3.63) is 35.0 Å². The van der Waals surface area contributed by atoms with E-state index in [0.29, 0.717) is 0 Å². The second-order valence-corrected chi connectivity index (χ2v) is 6.50. The van der Waals surface area contributed by atoms with Crippen LogP contribution >= 0.6 is 11.6 Å². The van der Waals surface area contributed by atoms with Gasteiger partial charge in [0.15, 0.2) is 0 Å². The molecule has 1 N–H and O–H groups in total. The first-order valence-electron chi connectivity index (χ1n) is 7.68. The van der Waals surface area contributed by atoms with Gasteiger partial charge in [-0.3, -0.25) is 0 Å². The summed E-state index contributed by atoms with van der Waals surface area (Å²) >= 11 is 6.08. The number of aromatic nitrogens is 1. The third-order valence-electron chi connectivity index (χ3n) is 4.51. The fourth-order valence-corrected chi connectivity index (χ4v) is 3.55. The molecule has 0 bridgehead atoms. The summed E-state index contributed by atoms with van der Waals surface area (Å²) in [5.74, 6) is 0.883. The summed E-state index contributed by atoms with van der Waals surface area (Å²) in [6.07, 6.45) is 9.28. The number of benzene rings is 1. The molecule has 3 rings (SSSR count). The third-order valence-corrected chi connectivity index (χ3v) is 4.74. The summed E-state index contributed by atoms with van der Waals surface area (Å²) in [4.78, 5) is 0. The van der Waals surface area contributed by atoms with Gasteiger partial charge in [-0.05, 0) is 43.0 Å². The minimum absolute atomic E-state index is 0.806. The van der Waals surface area contributed by atoms with Gasteiger partial charge in [0.2, 0.25) is 0 Å². The molecule has 0 unspecified atom stereocenters. The van der Waals surface area contributed by atoms with E-state index in [-0.39, 0.29) is 0 Å². The fourth-order valence-electron chi connectivity index (χ4n) is 3.38. The number of rotatable bonds is 4. The van der Waals surface area contributed by atoms with Crippen LogP contribution in [0.2, 0.25) is 5.02 Å². The summed E-state index contributed by atoms with van der Waals surface area (Å²) < 4.78 is 2.17. The topological polar surface area (TPSA) is 17.0 Å². The van der Waals surface area contributed by atoms with Crippen molar-refractivity contribution in [2.45, 2.75) is 38.6 Å². The molecule has 0 spiro atoms. The highest BCUT2D eigenvalue weighted by atomic mass is 35.5. The first-order chi connectivity index (χ1) is 9.74. The van der Waals surface area contributed by atoms with Crippen molar-refractivity contribution >= 4 is 22.5 Å². The molecule has 0 atom stereocenters. The van der Waals surface area contributed by atoms with Gasteiger partial charge in [0, 0.05) is 35.7 Å². The van der Waals surface area contributed by atoms with Gasteiger partial charge in [-0.1, -0.05) is 36.9 Å². The Morgan fingerprint density at radius 2 is 2.05 bits per heavy atom. The van der Waals surface area contributed by atoms with Gasteiger partial charge in [-0.15, -0.1) is 0 Å². The van der Waals surface area contributed by atoms with Gasteiger partial charge >= 0.3 is 0 Å². The van der Waals surface area contributed by atoms with Crippen LogP contribution in [0.1, 0.15) is 37.7 Å². The van der Waals surface area contributed by atoms with Crippen LogP contribution in [0.4, 0.5) is 0 Å². The lowest BCUT2D eigenvalue weighted by Crippen LogP contribution is -2.24. The van der Waals surface area contributed by atoms with E-state index in [1.165, 1.54) is 48.6 Å². The normalized spacial score (nSPS) is 16.9. The lowest BCUT2D eigenvalue weighted by Gasteiger charge is -2.21. The van der Waals surface area contributed by atoms with Crippen LogP contribution in [-0.2, 0) is 13.6 Å². The Morgan fingerprint density at radius 1 is 1.25 bits per heavy atom. The van der Waals surface area contributed by atoms with Crippen molar-refractivity contribution in [3.63, 3.8) is 0 Å². The van der Waals surface area contributed by atoms with Crippen LogP contribution in [0.5, 0.6) is 0 Å². The zero-order valence-electron chi connectivity index (χ0n) is 12.2. The molecule has 20 heavy (non-hydrogen) atoms. The molecule has 1 aliphatic carbocycles. The Hall–Kier alpha value is -0.990. The first kappa shape index (κ1) is 14.0. The van der Waals surface area contributed by atoms with E-state index in [1.807, 2.05) is 12.1 Å².